The number of imidazole rings is 1. The largest absolute Gasteiger partial charge is 0.337 e. The van der Waals surface area contributed by atoms with Crippen molar-refractivity contribution in [3.8, 4) is 11.3 Å². The molecule has 0 fully saturated rings. The maximum Gasteiger partial charge on any atom is 0.177 e. The second kappa shape index (κ2) is 6.10. The summed E-state index contributed by atoms with van der Waals surface area (Å²) in [5, 5.41) is 0. The van der Waals surface area contributed by atoms with Crippen LogP contribution in [-0.2, 0) is 13.0 Å². The van der Waals surface area contributed by atoms with E-state index in [1.165, 1.54) is 16.7 Å². The molecule has 2 aromatic carbocycles. The number of aromatic nitrogens is 2. The van der Waals surface area contributed by atoms with E-state index in [1.54, 1.807) is 0 Å². The summed E-state index contributed by atoms with van der Waals surface area (Å²) < 4.78 is 2.96. The van der Waals surface area contributed by atoms with Crippen LogP contribution in [0.4, 0.5) is 0 Å². The monoisotopic (exact) mass is 294 g/mol. The Morgan fingerprint density at radius 1 is 1.00 bits per heavy atom. The van der Waals surface area contributed by atoms with E-state index in [2.05, 4.69) is 65.0 Å². The second-order valence-corrected chi connectivity index (χ2v) is 5.56. The van der Waals surface area contributed by atoms with Gasteiger partial charge in [-0.1, -0.05) is 54.6 Å². The summed E-state index contributed by atoms with van der Waals surface area (Å²) in [5.74, 6) is 0. The lowest BCUT2D eigenvalue weighted by Gasteiger charge is -2.10. The lowest BCUT2D eigenvalue weighted by molar-refractivity contribution is 0.690. The highest BCUT2D eigenvalue weighted by Crippen LogP contribution is 2.20. The first kappa shape index (κ1) is 13.8. The number of hydrogen-bond acceptors (Lipinski definition) is 1. The van der Waals surface area contributed by atoms with E-state index in [0.29, 0.717) is 0 Å². The minimum absolute atomic E-state index is 0.780. The second-order valence-electron chi connectivity index (χ2n) is 5.17. The quantitative estimate of drug-likeness (QED) is 0.688. The van der Waals surface area contributed by atoms with Crippen molar-refractivity contribution in [2.75, 3.05) is 0 Å². The van der Waals surface area contributed by atoms with Crippen LogP contribution in [0.5, 0.6) is 0 Å². The molecule has 0 bridgehead atoms. The Balaban J connectivity index is 1.88. The Labute approximate surface area is 130 Å². The first-order valence-electron chi connectivity index (χ1n) is 7.14. The average molecular weight is 294 g/mol. The van der Waals surface area contributed by atoms with Gasteiger partial charge >= 0.3 is 0 Å². The summed E-state index contributed by atoms with van der Waals surface area (Å²) in [6.45, 7) is 3.04. The lowest BCUT2D eigenvalue weighted by Crippen LogP contribution is -2.04. The number of benzene rings is 2. The van der Waals surface area contributed by atoms with Crippen molar-refractivity contribution in [3.63, 3.8) is 0 Å². The molecule has 3 rings (SSSR count). The first-order valence-corrected chi connectivity index (χ1v) is 7.54. The van der Waals surface area contributed by atoms with E-state index in [4.69, 9.17) is 12.2 Å². The van der Waals surface area contributed by atoms with E-state index >= 15 is 0 Å². The first-order chi connectivity index (χ1) is 10.3. The van der Waals surface area contributed by atoms with Gasteiger partial charge in [-0.2, -0.15) is 0 Å². The van der Waals surface area contributed by atoms with Crippen LogP contribution in [0.2, 0.25) is 0 Å². The third-order valence-corrected chi connectivity index (χ3v) is 4.14. The molecule has 106 valence electrons. The summed E-state index contributed by atoms with van der Waals surface area (Å²) >= 11 is 5.43. The van der Waals surface area contributed by atoms with Crippen molar-refractivity contribution in [2.45, 2.75) is 19.9 Å². The highest BCUT2D eigenvalue weighted by molar-refractivity contribution is 7.71. The predicted molar refractivity (Wildman–Crippen MR) is 89.9 cm³/mol. The van der Waals surface area contributed by atoms with Crippen molar-refractivity contribution in [2.24, 2.45) is 0 Å². The SMILES string of the molecule is Cc1ccccc1CCn1c(-c2ccccc2)c[nH]c1=S. The fourth-order valence-corrected chi connectivity index (χ4v) is 2.84. The van der Waals surface area contributed by atoms with Gasteiger partial charge in [-0.15, -0.1) is 0 Å². The summed E-state index contributed by atoms with van der Waals surface area (Å²) in [5.41, 5.74) is 5.05. The molecule has 0 spiro atoms. The Morgan fingerprint density at radius 3 is 2.48 bits per heavy atom. The molecule has 3 heteroatoms. The maximum absolute atomic E-state index is 5.43. The van der Waals surface area contributed by atoms with Gasteiger partial charge in [-0.25, -0.2) is 0 Å². The van der Waals surface area contributed by atoms with Gasteiger partial charge < -0.3 is 9.55 Å². The maximum atomic E-state index is 5.43. The number of rotatable bonds is 4. The van der Waals surface area contributed by atoms with Gasteiger partial charge in [0.2, 0.25) is 0 Å². The summed E-state index contributed by atoms with van der Waals surface area (Å²) in [7, 11) is 0. The third-order valence-electron chi connectivity index (χ3n) is 3.80. The zero-order chi connectivity index (χ0) is 14.7. The van der Waals surface area contributed by atoms with Gasteiger partial charge in [0.25, 0.3) is 0 Å². The molecule has 0 atom stereocenters. The number of nitrogens with zero attached hydrogens (tertiary/aromatic N) is 1. The molecule has 0 aliphatic heterocycles. The summed E-state index contributed by atoms with van der Waals surface area (Å²) in [4.78, 5) is 3.16. The van der Waals surface area contributed by atoms with E-state index < -0.39 is 0 Å². The molecule has 3 aromatic rings. The number of nitrogens with one attached hydrogen (secondary N) is 1. The lowest BCUT2D eigenvalue weighted by atomic mass is 10.1. The molecule has 1 heterocycles. The van der Waals surface area contributed by atoms with Crippen LogP contribution in [0.3, 0.4) is 0 Å². The fraction of sp³-hybridized carbons (Fsp3) is 0.167. The zero-order valence-electron chi connectivity index (χ0n) is 12.0. The predicted octanol–water partition coefficient (Wildman–Crippen LogP) is 4.76. The molecule has 21 heavy (non-hydrogen) atoms. The van der Waals surface area contributed by atoms with E-state index in [-0.39, 0.29) is 0 Å². The molecular formula is C18H18N2S. The molecule has 0 aliphatic carbocycles. The number of aryl methyl sites for hydroxylation is 2. The van der Waals surface area contributed by atoms with Crippen molar-refractivity contribution >= 4 is 12.2 Å². The Morgan fingerprint density at radius 2 is 1.71 bits per heavy atom. The van der Waals surface area contributed by atoms with E-state index in [1.807, 2.05) is 12.3 Å². The molecule has 0 unspecified atom stereocenters. The van der Waals surface area contributed by atoms with Crippen LogP contribution in [0.1, 0.15) is 11.1 Å². The Hall–Kier alpha value is -2.13. The molecule has 1 aromatic heterocycles. The Bertz CT molecular complexity index is 784. The normalized spacial score (nSPS) is 10.7. The molecule has 1 N–H and O–H groups in total. The van der Waals surface area contributed by atoms with Gasteiger partial charge in [0.05, 0.1) is 5.69 Å². The van der Waals surface area contributed by atoms with Crippen LogP contribution < -0.4 is 0 Å². The average Bonchev–Trinajstić information content (AvgIpc) is 2.88. The minimum Gasteiger partial charge on any atom is -0.337 e. The van der Waals surface area contributed by atoms with Crippen LogP contribution in [0.15, 0.2) is 60.8 Å². The van der Waals surface area contributed by atoms with Gasteiger partial charge in [0.15, 0.2) is 4.77 Å². The molecule has 0 saturated heterocycles. The minimum atomic E-state index is 0.780. The standard InChI is InChI=1S/C18H18N2S/c1-14-7-5-6-8-15(14)11-12-20-17(13-19-18(20)21)16-9-3-2-4-10-16/h2-10,13H,11-12H2,1H3,(H,19,21). The number of hydrogen-bond donors (Lipinski definition) is 1. The van der Waals surface area contributed by atoms with Crippen LogP contribution in [0.25, 0.3) is 11.3 Å². The number of aromatic amines is 1. The molecule has 0 radical (unpaired) electrons. The van der Waals surface area contributed by atoms with Crippen LogP contribution in [-0.4, -0.2) is 9.55 Å². The van der Waals surface area contributed by atoms with Gasteiger partial charge in [0.1, 0.15) is 0 Å². The summed E-state index contributed by atoms with van der Waals surface area (Å²) in [6.07, 6.45) is 2.98. The highest BCUT2D eigenvalue weighted by atomic mass is 32.1. The van der Waals surface area contributed by atoms with Gasteiger partial charge in [-0.05, 0) is 42.3 Å². The third kappa shape index (κ3) is 2.98. The van der Waals surface area contributed by atoms with Crippen molar-refractivity contribution in [1.82, 2.24) is 9.55 Å². The molecule has 0 saturated carbocycles. The van der Waals surface area contributed by atoms with E-state index in [0.717, 1.165) is 23.4 Å². The highest BCUT2D eigenvalue weighted by Gasteiger charge is 2.07. The fourth-order valence-electron chi connectivity index (χ4n) is 2.59. The zero-order valence-corrected chi connectivity index (χ0v) is 12.9. The van der Waals surface area contributed by atoms with E-state index in [9.17, 15) is 0 Å². The van der Waals surface area contributed by atoms with Gasteiger partial charge in [0, 0.05) is 12.7 Å². The Kier molecular flexibility index (Phi) is 4.02. The van der Waals surface area contributed by atoms with Crippen molar-refractivity contribution < 1.29 is 0 Å². The van der Waals surface area contributed by atoms with Crippen LogP contribution >= 0.6 is 12.2 Å². The molecule has 0 amide bonds. The molecule has 0 aliphatic rings. The topological polar surface area (TPSA) is 20.7 Å². The smallest absolute Gasteiger partial charge is 0.177 e. The molecular weight excluding hydrogens is 276 g/mol. The number of H-pyrrole nitrogens is 1. The van der Waals surface area contributed by atoms with Crippen molar-refractivity contribution in [3.05, 3.63) is 76.7 Å². The van der Waals surface area contributed by atoms with Gasteiger partial charge in [-0.3, -0.25) is 0 Å². The molecule has 2 nitrogen and oxygen atoms in total. The summed E-state index contributed by atoms with van der Waals surface area (Å²) in [6, 6.07) is 18.9. The van der Waals surface area contributed by atoms with Crippen LogP contribution in [0, 0.1) is 11.7 Å². The van der Waals surface area contributed by atoms with Crippen molar-refractivity contribution in [1.29, 1.82) is 0 Å².